The van der Waals surface area contributed by atoms with E-state index in [1.165, 1.54) is 11.6 Å². The lowest BCUT2D eigenvalue weighted by molar-refractivity contribution is -0.192. The van der Waals surface area contributed by atoms with E-state index in [1.54, 1.807) is 27.2 Å². The number of nitrogens with zero attached hydrogens (tertiary/aromatic N) is 1. The number of aliphatic carboxylic acids is 1. The third-order valence-corrected chi connectivity index (χ3v) is 7.87. The Bertz CT molecular complexity index is 1250. The molecule has 8 nitrogen and oxygen atoms in total. The highest BCUT2D eigenvalue weighted by molar-refractivity contribution is 6.33. The summed E-state index contributed by atoms with van der Waals surface area (Å²) in [5.74, 6) is -1.69. The zero-order valence-electron chi connectivity index (χ0n) is 22.5. The van der Waals surface area contributed by atoms with E-state index in [9.17, 15) is 22.4 Å². The number of anilines is 1. The molecule has 13 heteroatoms. The monoisotopic (exact) mass is 589 g/mol. The maximum atomic E-state index is 13.7. The average Bonchev–Trinajstić information content (AvgIpc) is 3.23. The molecule has 1 aliphatic heterocycles. The smallest absolute Gasteiger partial charge is 0.490 e. The molecule has 0 bridgehead atoms. The summed E-state index contributed by atoms with van der Waals surface area (Å²) in [5, 5.41) is 13.2. The van der Waals surface area contributed by atoms with Crippen molar-refractivity contribution in [3.8, 4) is 11.5 Å². The number of methoxy groups -OCH3 is 2. The SMILES string of the molecule is COc1ccc([C@@]23CC[C@@H](NC(=O)Nc4cc(C)c(F)cc4Cl)C[C@@H]2N(C)CC3)cc1OC.O=C(O)C(F)(F)F. The van der Waals surface area contributed by atoms with Crippen LogP contribution in [0.5, 0.6) is 11.5 Å². The molecule has 1 aliphatic carbocycles. The van der Waals surface area contributed by atoms with Gasteiger partial charge in [0.15, 0.2) is 11.5 Å². The highest BCUT2D eigenvalue weighted by Crippen LogP contribution is 2.49. The summed E-state index contributed by atoms with van der Waals surface area (Å²) in [7, 11) is 5.45. The van der Waals surface area contributed by atoms with E-state index in [1.807, 2.05) is 6.07 Å². The van der Waals surface area contributed by atoms with E-state index in [0.29, 0.717) is 17.3 Å². The zero-order chi connectivity index (χ0) is 29.8. The van der Waals surface area contributed by atoms with Crippen molar-refractivity contribution < 1.29 is 41.7 Å². The van der Waals surface area contributed by atoms with Gasteiger partial charge in [0.1, 0.15) is 5.82 Å². The van der Waals surface area contributed by atoms with Gasteiger partial charge >= 0.3 is 18.2 Å². The van der Waals surface area contributed by atoms with Gasteiger partial charge in [0.2, 0.25) is 0 Å². The third kappa shape index (κ3) is 6.90. The van der Waals surface area contributed by atoms with Crippen molar-refractivity contribution in [2.45, 2.75) is 56.3 Å². The van der Waals surface area contributed by atoms with Crippen LogP contribution in [0, 0.1) is 12.7 Å². The number of benzene rings is 2. The van der Waals surface area contributed by atoms with E-state index in [4.69, 9.17) is 31.0 Å². The number of amides is 2. The maximum absolute atomic E-state index is 13.7. The molecule has 0 spiro atoms. The van der Waals surface area contributed by atoms with Crippen molar-refractivity contribution in [2.75, 3.05) is 33.1 Å². The molecule has 2 aromatic carbocycles. The number of carbonyl (C=O) groups excluding carboxylic acids is 1. The Kier molecular flexibility index (Phi) is 9.78. The molecule has 0 aromatic heterocycles. The van der Waals surface area contributed by atoms with E-state index in [-0.39, 0.29) is 22.5 Å². The molecular weight excluding hydrogens is 558 g/mol. The van der Waals surface area contributed by atoms with Crippen LogP contribution in [0.15, 0.2) is 30.3 Å². The number of rotatable bonds is 5. The lowest BCUT2D eigenvalue weighted by Crippen LogP contribution is -2.52. The molecule has 2 fully saturated rings. The number of ether oxygens (including phenoxy) is 2. The molecule has 2 aliphatic rings. The van der Waals surface area contributed by atoms with Crippen molar-refractivity contribution in [1.82, 2.24) is 10.2 Å². The number of carboxylic acids is 1. The predicted octanol–water partition coefficient (Wildman–Crippen LogP) is 5.75. The molecule has 3 atom stereocenters. The summed E-state index contributed by atoms with van der Waals surface area (Å²) in [6.45, 7) is 2.64. The normalized spacial score (nSPS) is 22.4. The number of alkyl halides is 3. The first-order chi connectivity index (χ1) is 18.7. The minimum atomic E-state index is -5.08. The van der Waals surface area contributed by atoms with Crippen LogP contribution < -0.4 is 20.1 Å². The average molecular weight is 590 g/mol. The van der Waals surface area contributed by atoms with Crippen LogP contribution in [0.1, 0.15) is 36.8 Å². The second kappa shape index (κ2) is 12.5. The van der Waals surface area contributed by atoms with Crippen LogP contribution in [0.3, 0.4) is 0 Å². The van der Waals surface area contributed by atoms with Crippen molar-refractivity contribution in [3.05, 3.63) is 52.3 Å². The summed E-state index contributed by atoms with van der Waals surface area (Å²) >= 11 is 6.10. The van der Waals surface area contributed by atoms with Gasteiger partial charge in [-0.05, 0) is 81.6 Å². The predicted molar refractivity (Wildman–Crippen MR) is 142 cm³/mol. The number of urea groups is 1. The number of carboxylic acid groups (broad SMARTS) is 1. The number of halogens is 5. The minimum absolute atomic E-state index is 0.0142. The second-order valence-corrected chi connectivity index (χ2v) is 10.3. The molecule has 1 heterocycles. The molecule has 2 aromatic rings. The Hall–Kier alpha value is -3.25. The van der Waals surface area contributed by atoms with Gasteiger partial charge in [-0.25, -0.2) is 14.0 Å². The van der Waals surface area contributed by atoms with Gasteiger partial charge in [-0.15, -0.1) is 0 Å². The van der Waals surface area contributed by atoms with Gasteiger partial charge in [0.25, 0.3) is 0 Å². The summed E-state index contributed by atoms with van der Waals surface area (Å²) in [4.78, 5) is 24.0. The fourth-order valence-electron chi connectivity index (χ4n) is 5.49. The third-order valence-electron chi connectivity index (χ3n) is 7.56. The topological polar surface area (TPSA) is 100 Å². The van der Waals surface area contributed by atoms with Gasteiger partial charge in [0.05, 0.1) is 24.9 Å². The summed E-state index contributed by atoms with van der Waals surface area (Å²) < 4.78 is 56.4. The number of likely N-dealkylation sites (tertiary alicyclic amines) is 1. The molecular formula is C27H32ClF4N3O5. The number of fused-ring (bicyclic) bond motifs is 1. The van der Waals surface area contributed by atoms with Gasteiger partial charge in [-0.3, -0.25) is 0 Å². The van der Waals surface area contributed by atoms with Gasteiger partial charge < -0.3 is 30.1 Å². The Morgan fingerprint density at radius 1 is 1.12 bits per heavy atom. The number of hydrogen-bond donors (Lipinski definition) is 3. The molecule has 40 heavy (non-hydrogen) atoms. The fraction of sp³-hybridized carbons (Fsp3) is 0.481. The van der Waals surface area contributed by atoms with E-state index in [2.05, 4.69) is 34.7 Å². The number of hydrogen-bond acceptors (Lipinski definition) is 5. The Labute approximate surface area is 234 Å². The largest absolute Gasteiger partial charge is 0.493 e. The fourth-order valence-corrected chi connectivity index (χ4v) is 5.69. The Balaban J connectivity index is 0.000000559. The van der Waals surface area contributed by atoms with Crippen LogP contribution in [-0.2, 0) is 10.2 Å². The van der Waals surface area contributed by atoms with E-state index in [0.717, 1.165) is 43.7 Å². The van der Waals surface area contributed by atoms with Crippen LogP contribution in [0.25, 0.3) is 0 Å². The zero-order valence-corrected chi connectivity index (χ0v) is 23.3. The molecule has 1 saturated carbocycles. The number of aryl methyl sites for hydroxylation is 1. The minimum Gasteiger partial charge on any atom is -0.493 e. The van der Waals surface area contributed by atoms with Crippen molar-refractivity contribution in [1.29, 1.82) is 0 Å². The van der Waals surface area contributed by atoms with Crippen LogP contribution in [0.2, 0.25) is 5.02 Å². The molecule has 0 radical (unpaired) electrons. The van der Waals surface area contributed by atoms with Gasteiger partial charge in [-0.1, -0.05) is 17.7 Å². The Morgan fingerprint density at radius 3 is 2.38 bits per heavy atom. The summed E-state index contributed by atoms with van der Waals surface area (Å²) in [5.41, 5.74) is 2.10. The highest BCUT2D eigenvalue weighted by Gasteiger charge is 2.50. The lowest BCUT2D eigenvalue weighted by Gasteiger charge is -2.45. The highest BCUT2D eigenvalue weighted by atomic mass is 35.5. The first-order valence-electron chi connectivity index (χ1n) is 12.5. The maximum Gasteiger partial charge on any atom is 0.490 e. The summed E-state index contributed by atoms with van der Waals surface area (Å²) in [6.07, 6.45) is -1.36. The number of nitrogens with one attached hydrogen (secondary N) is 2. The quantitative estimate of drug-likeness (QED) is 0.384. The second-order valence-electron chi connectivity index (χ2n) is 9.93. The molecule has 3 N–H and O–H groups in total. The van der Waals surface area contributed by atoms with Crippen LogP contribution >= 0.6 is 11.6 Å². The van der Waals surface area contributed by atoms with Gasteiger partial charge in [0, 0.05) is 17.5 Å². The first kappa shape index (κ1) is 31.3. The van der Waals surface area contributed by atoms with Crippen molar-refractivity contribution >= 4 is 29.3 Å². The first-order valence-corrected chi connectivity index (χ1v) is 12.9. The molecule has 220 valence electrons. The Morgan fingerprint density at radius 2 is 1.77 bits per heavy atom. The van der Waals surface area contributed by atoms with Gasteiger partial charge in [-0.2, -0.15) is 13.2 Å². The number of likely N-dealkylation sites (N-methyl/N-ethyl adjacent to an activating group) is 1. The van der Waals surface area contributed by atoms with Crippen LogP contribution in [-0.4, -0.2) is 68.1 Å². The van der Waals surface area contributed by atoms with E-state index >= 15 is 0 Å². The molecule has 2 amide bonds. The molecule has 1 saturated heterocycles. The molecule has 4 rings (SSSR count). The lowest BCUT2D eigenvalue weighted by atomic mass is 9.65. The van der Waals surface area contributed by atoms with Crippen LogP contribution in [0.4, 0.5) is 28.0 Å². The number of carbonyl (C=O) groups is 2. The standard InChI is InChI=1S/C25H31ClFN3O3.C2HF3O2/c1-15-11-20(18(26)14-19(15)27)29-24(31)28-17-7-8-25(9-10-30(2)23(25)13-17)16-5-6-21(32-3)22(12-16)33-4;3-2(4,5)1(6)7/h5-6,11-12,14,17,23H,7-10,13H2,1-4H3,(H2,28,29,31);(H,6,7)/t17-,23+,25+;/m1./s1. The molecule has 0 unspecified atom stereocenters. The van der Waals surface area contributed by atoms with Crippen molar-refractivity contribution in [2.24, 2.45) is 0 Å². The van der Waals surface area contributed by atoms with Crippen molar-refractivity contribution in [3.63, 3.8) is 0 Å². The summed E-state index contributed by atoms with van der Waals surface area (Å²) in [6, 6.07) is 8.99. The van der Waals surface area contributed by atoms with E-state index < -0.39 is 18.0 Å².